The number of aromatic amines is 1. The molecule has 3 rings (SSSR count). The molecule has 1 aliphatic rings. The molecule has 2 atom stereocenters. The first-order valence-corrected chi connectivity index (χ1v) is 6.84. The van der Waals surface area contributed by atoms with Gasteiger partial charge < -0.3 is 20.4 Å². The minimum Gasteiger partial charge on any atom is -0.496 e. The Labute approximate surface area is 121 Å². The molecule has 110 valence electrons. The minimum atomic E-state index is -0.558. The van der Waals surface area contributed by atoms with Crippen LogP contribution >= 0.6 is 0 Å². The lowest BCUT2D eigenvalue weighted by molar-refractivity contribution is -0.136. The number of hydrogen-bond donors (Lipinski definition) is 3. The standard InChI is InChI=1S/C15H17N3O3/c1-8-14(19)18-11(15(20)17-8)6-9-7-16-10-4-3-5-12(21-2)13(9)10/h3-5,7-8,11,16H,6H2,1-2H3,(H,17,20)(H,18,19). The van der Waals surface area contributed by atoms with E-state index in [0.29, 0.717) is 6.42 Å². The number of benzene rings is 1. The molecule has 6 heteroatoms. The molecule has 0 spiro atoms. The van der Waals surface area contributed by atoms with E-state index in [0.717, 1.165) is 22.2 Å². The van der Waals surface area contributed by atoms with E-state index in [-0.39, 0.29) is 11.8 Å². The first-order valence-electron chi connectivity index (χ1n) is 6.84. The lowest BCUT2D eigenvalue weighted by atomic mass is 10.0. The summed E-state index contributed by atoms with van der Waals surface area (Å²) in [5.74, 6) is 0.428. The average molecular weight is 287 g/mol. The number of fused-ring (bicyclic) bond motifs is 1. The van der Waals surface area contributed by atoms with Crippen molar-refractivity contribution in [2.24, 2.45) is 0 Å². The highest BCUT2D eigenvalue weighted by Crippen LogP contribution is 2.29. The number of hydrogen-bond acceptors (Lipinski definition) is 3. The molecule has 1 aliphatic heterocycles. The Morgan fingerprint density at radius 2 is 2.00 bits per heavy atom. The number of piperazine rings is 1. The molecular weight excluding hydrogens is 270 g/mol. The predicted octanol–water partition coefficient (Wildman–Crippen LogP) is 0.722. The molecule has 2 unspecified atom stereocenters. The monoisotopic (exact) mass is 287 g/mol. The molecule has 0 bridgehead atoms. The van der Waals surface area contributed by atoms with Gasteiger partial charge in [0, 0.05) is 23.5 Å². The molecule has 2 heterocycles. The Balaban J connectivity index is 1.92. The molecule has 1 fully saturated rings. The maximum absolute atomic E-state index is 12.0. The molecular formula is C15H17N3O3. The highest BCUT2D eigenvalue weighted by Gasteiger charge is 2.31. The molecule has 21 heavy (non-hydrogen) atoms. The van der Waals surface area contributed by atoms with Gasteiger partial charge in [0.25, 0.3) is 0 Å². The number of amides is 2. The highest BCUT2D eigenvalue weighted by atomic mass is 16.5. The van der Waals surface area contributed by atoms with Crippen molar-refractivity contribution in [1.82, 2.24) is 15.6 Å². The van der Waals surface area contributed by atoms with Crippen molar-refractivity contribution in [3.8, 4) is 5.75 Å². The Morgan fingerprint density at radius 3 is 2.76 bits per heavy atom. The van der Waals surface area contributed by atoms with Crippen LogP contribution in [-0.4, -0.2) is 36.0 Å². The third-order valence-electron chi connectivity index (χ3n) is 3.78. The normalized spacial score (nSPS) is 22.0. The van der Waals surface area contributed by atoms with E-state index < -0.39 is 12.1 Å². The summed E-state index contributed by atoms with van der Waals surface area (Å²) in [5.41, 5.74) is 1.89. The van der Waals surface area contributed by atoms with Crippen LogP contribution in [0.1, 0.15) is 12.5 Å². The van der Waals surface area contributed by atoms with E-state index in [1.165, 1.54) is 0 Å². The maximum Gasteiger partial charge on any atom is 0.243 e. The van der Waals surface area contributed by atoms with Gasteiger partial charge in [0.2, 0.25) is 11.8 Å². The second kappa shape index (κ2) is 5.12. The quantitative estimate of drug-likeness (QED) is 0.778. The van der Waals surface area contributed by atoms with Gasteiger partial charge in [-0.25, -0.2) is 0 Å². The summed E-state index contributed by atoms with van der Waals surface area (Å²) >= 11 is 0. The summed E-state index contributed by atoms with van der Waals surface area (Å²) in [6.45, 7) is 1.66. The summed E-state index contributed by atoms with van der Waals surface area (Å²) in [6.07, 6.45) is 2.27. The fraction of sp³-hybridized carbons (Fsp3) is 0.333. The third kappa shape index (κ3) is 2.33. The number of methoxy groups -OCH3 is 1. The molecule has 2 aromatic rings. The van der Waals surface area contributed by atoms with Crippen LogP contribution in [0.4, 0.5) is 0 Å². The van der Waals surface area contributed by atoms with Crippen molar-refractivity contribution < 1.29 is 14.3 Å². The Morgan fingerprint density at radius 1 is 1.19 bits per heavy atom. The molecule has 1 aromatic heterocycles. The Bertz CT molecular complexity index is 707. The van der Waals surface area contributed by atoms with Crippen molar-refractivity contribution >= 4 is 22.7 Å². The van der Waals surface area contributed by atoms with Crippen LogP contribution in [0.2, 0.25) is 0 Å². The maximum atomic E-state index is 12.0. The summed E-state index contributed by atoms with van der Waals surface area (Å²) < 4.78 is 5.37. The molecule has 1 aromatic carbocycles. The van der Waals surface area contributed by atoms with Crippen molar-refractivity contribution in [2.75, 3.05) is 7.11 Å². The molecule has 0 aliphatic carbocycles. The van der Waals surface area contributed by atoms with Crippen molar-refractivity contribution in [1.29, 1.82) is 0 Å². The first-order chi connectivity index (χ1) is 10.1. The zero-order chi connectivity index (χ0) is 15.0. The topological polar surface area (TPSA) is 83.2 Å². The second-order valence-corrected chi connectivity index (χ2v) is 5.19. The van der Waals surface area contributed by atoms with Crippen LogP contribution in [-0.2, 0) is 16.0 Å². The van der Waals surface area contributed by atoms with Crippen LogP contribution in [0, 0.1) is 0 Å². The number of carbonyl (C=O) groups excluding carboxylic acids is 2. The zero-order valence-corrected chi connectivity index (χ0v) is 11.9. The van der Waals surface area contributed by atoms with Gasteiger partial charge in [-0.05, 0) is 24.6 Å². The molecule has 3 N–H and O–H groups in total. The Hall–Kier alpha value is -2.50. The van der Waals surface area contributed by atoms with E-state index in [1.807, 2.05) is 24.4 Å². The second-order valence-electron chi connectivity index (χ2n) is 5.19. The van der Waals surface area contributed by atoms with Crippen LogP contribution in [0.5, 0.6) is 5.75 Å². The lowest BCUT2D eigenvalue weighted by Crippen LogP contribution is -2.61. The van der Waals surface area contributed by atoms with E-state index in [4.69, 9.17) is 4.74 Å². The van der Waals surface area contributed by atoms with Gasteiger partial charge in [0.05, 0.1) is 7.11 Å². The van der Waals surface area contributed by atoms with Gasteiger partial charge in [-0.3, -0.25) is 9.59 Å². The summed E-state index contributed by atoms with van der Waals surface area (Å²) in [5, 5.41) is 6.37. The van der Waals surface area contributed by atoms with Gasteiger partial charge in [0.15, 0.2) is 0 Å². The van der Waals surface area contributed by atoms with Gasteiger partial charge in [-0.15, -0.1) is 0 Å². The van der Waals surface area contributed by atoms with E-state index in [1.54, 1.807) is 14.0 Å². The molecule has 6 nitrogen and oxygen atoms in total. The number of ether oxygens (including phenoxy) is 1. The number of H-pyrrole nitrogens is 1. The smallest absolute Gasteiger partial charge is 0.243 e. The number of carbonyl (C=O) groups is 2. The highest BCUT2D eigenvalue weighted by molar-refractivity contribution is 5.97. The van der Waals surface area contributed by atoms with Crippen LogP contribution in [0.15, 0.2) is 24.4 Å². The minimum absolute atomic E-state index is 0.161. The van der Waals surface area contributed by atoms with E-state index in [2.05, 4.69) is 15.6 Å². The predicted molar refractivity (Wildman–Crippen MR) is 78.1 cm³/mol. The van der Waals surface area contributed by atoms with Crippen LogP contribution in [0.3, 0.4) is 0 Å². The number of rotatable bonds is 3. The lowest BCUT2D eigenvalue weighted by Gasteiger charge is -2.27. The van der Waals surface area contributed by atoms with Gasteiger partial charge >= 0.3 is 0 Å². The van der Waals surface area contributed by atoms with Crippen molar-refractivity contribution in [2.45, 2.75) is 25.4 Å². The summed E-state index contributed by atoms with van der Waals surface area (Å²) in [4.78, 5) is 26.9. The largest absolute Gasteiger partial charge is 0.496 e. The SMILES string of the molecule is COc1cccc2[nH]cc(CC3NC(=O)C(C)NC3=O)c12. The Kier molecular flexibility index (Phi) is 3.29. The van der Waals surface area contributed by atoms with E-state index >= 15 is 0 Å². The number of nitrogens with one attached hydrogen (secondary N) is 3. The van der Waals surface area contributed by atoms with Gasteiger partial charge in [-0.2, -0.15) is 0 Å². The number of aromatic nitrogens is 1. The van der Waals surface area contributed by atoms with Gasteiger partial charge in [0.1, 0.15) is 17.8 Å². The molecule has 0 radical (unpaired) electrons. The summed E-state index contributed by atoms with van der Waals surface area (Å²) in [6, 6.07) is 4.69. The fourth-order valence-corrected chi connectivity index (χ4v) is 2.66. The molecule has 2 amide bonds. The van der Waals surface area contributed by atoms with Gasteiger partial charge in [-0.1, -0.05) is 6.07 Å². The van der Waals surface area contributed by atoms with Crippen molar-refractivity contribution in [3.63, 3.8) is 0 Å². The third-order valence-corrected chi connectivity index (χ3v) is 3.78. The molecule has 1 saturated heterocycles. The first kappa shape index (κ1) is 13.5. The fourth-order valence-electron chi connectivity index (χ4n) is 2.66. The molecule has 0 saturated carbocycles. The van der Waals surface area contributed by atoms with Crippen LogP contribution in [0.25, 0.3) is 10.9 Å². The zero-order valence-electron chi connectivity index (χ0n) is 11.9. The van der Waals surface area contributed by atoms with Crippen LogP contribution < -0.4 is 15.4 Å². The van der Waals surface area contributed by atoms with Crippen molar-refractivity contribution in [3.05, 3.63) is 30.0 Å². The summed E-state index contributed by atoms with van der Waals surface area (Å²) in [7, 11) is 1.61. The van der Waals surface area contributed by atoms with E-state index in [9.17, 15) is 9.59 Å². The average Bonchev–Trinajstić information content (AvgIpc) is 2.88.